The molecule has 2 aliphatic carbocycles. The lowest BCUT2D eigenvalue weighted by Gasteiger charge is -2.26. The summed E-state index contributed by atoms with van der Waals surface area (Å²) in [6.45, 7) is 1.79. The van der Waals surface area contributed by atoms with Crippen molar-refractivity contribution in [3.8, 4) is 0 Å². The second-order valence-electron chi connectivity index (χ2n) is 5.13. The molecule has 0 saturated heterocycles. The number of allylic oxidation sites excluding steroid dienone is 3. The van der Waals surface area contributed by atoms with Crippen molar-refractivity contribution in [1.82, 2.24) is 0 Å². The molecule has 102 valence electrons. The Bertz CT molecular complexity index is 496. The van der Waals surface area contributed by atoms with Gasteiger partial charge in [0.15, 0.2) is 0 Å². The summed E-state index contributed by atoms with van der Waals surface area (Å²) in [6, 6.07) is 0. The van der Waals surface area contributed by atoms with Gasteiger partial charge in [0.05, 0.1) is 0 Å². The van der Waals surface area contributed by atoms with Gasteiger partial charge in [0.25, 0.3) is 0 Å². The summed E-state index contributed by atoms with van der Waals surface area (Å²) in [5.41, 5.74) is 2.03. The van der Waals surface area contributed by atoms with Crippen molar-refractivity contribution in [3.63, 3.8) is 0 Å². The molecule has 0 saturated carbocycles. The summed E-state index contributed by atoms with van der Waals surface area (Å²) in [4.78, 5) is 22.5. The van der Waals surface area contributed by atoms with Crippen LogP contribution in [0.1, 0.15) is 32.6 Å². The van der Waals surface area contributed by atoms with E-state index in [-0.39, 0.29) is 11.5 Å². The predicted molar refractivity (Wildman–Crippen MR) is 70.6 cm³/mol. The standard InChI is InChI=1S/C15H18O4/c1-9-7-12(10-5-3-2-4-6-10)13(15(18)19)8-11(9)14(16)17/h5,7-9,13H,2-4,6H2,1H3,(H,16,17)(H,18,19). The smallest absolute Gasteiger partial charge is 0.331 e. The van der Waals surface area contributed by atoms with Gasteiger partial charge in [-0.15, -0.1) is 0 Å². The van der Waals surface area contributed by atoms with Gasteiger partial charge in [-0.25, -0.2) is 4.79 Å². The first-order valence-corrected chi connectivity index (χ1v) is 6.59. The van der Waals surface area contributed by atoms with E-state index >= 15 is 0 Å². The third kappa shape index (κ3) is 2.78. The lowest BCUT2D eigenvalue weighted by atomic mass is 9.78. The van der Waals surface area contributed by atoms with Gasteiger partial charge in [-0.2, -0.15) is 0 Å². The van der Waals surface area contributed by atoms with Gasteiger partial charge in [-0.1, -0.05) is 25.2 Å². The molecule has 0 aromatic heterocycles. The zero-order valence-electron chi connectivity index (χ0n) is 10.9. The van der Waals surface area contributed by atoms with E-state index in [1.54, 1.807) is 13.0 Å². The second kappa shape index (κ2) is 5.43. The van der Waals surface area contributed by atoms with Gasteiger partial charge < -0.3 is 10.2 Å². The van der Waals surface area contributed by atoms with E-state index in [4.69, 9.17) is 5.11 Å². The van der Waals surface area contributed by atoms with E-state index in [0.717, 1.165) is 36.8 Å². The number of aliphatic carboxylic acids is 2. The molecule has 0 amide bonds. The topological polar surface area (TPSA) is 74.6 Å². The Morgan fingerprint density at radius 3 is 2.47 bits per heavy atom. The molecule has 0 aliphatic heterocycles. The molecule has 0 spiro atoms. The summed E-state index contributed by atoms with van der Waals surface area (Å²) in [5, 5.41) is 18.4. The minimum Gasteiger partial charge on any atom is -0.481 e. The van der Waals surface area contributed by atoms with Crippen LogP contribution in [0.2, 0.25) is 0 Å². The van der Waals surface area contributed by atoms with Crippen molar-refractivity contribution in [1.29, 1.82) is 0 Å². The van der Waals surface area contributed by atoms with Crippen LogP contribution in [0.15, 0.2) is 34.9 Å². The first-order valence-electron chi connectivity index (χ1n) is 6.59. The van der Waals surface area contributed by atoms with Gasteiger partial charge in [-0.3, -0.25) is 4.79 Å². The quantitative estimate of drug-likeness (QED) is 0.820. The lowest BCUT2D eigenvalue weighted by molar-refractivity contribution is -0.138. The van der Waals surface area contributed by atoms with Gasteiger partial charge >= 0.3 is 11.9 Å². The van der Waals surface area contributed by atoms with Crippen LogP contribution in [0.5, 0.6) is 0 Å². The highest BCUT2D eigenvalue weighted by Crippen LogP contribution is 2.36. The average Bonchev–Trinajstić information content (AvgIpc) is 2.38. The molecule has 0 aromatic carbocycles. The van der Waals surface area contributed by atoms with Gasteiger partial charge in [0.1, 0.15) is 5.92 Å². The van der Waals surface area contributed by atoms with E-state index in [9.17, 15) is 14.7 Å². The highest BCUT2D eigenvalue weighted by Gasteiger charge is 2.31. The van der Waals surface area contributed by atoms with Crippen LogP contribution in [0.4, 0.5) is 0 Å². The van der Waals surface area contributed by atoms with Crippen LogP contribution in [0, 0.1) is 11.8 Å². The molecule has 0 fully saturated rings. The number of hydrogen-bond donors (Lipinski definition) is 2. The van der Waals surface area contributed by atoms with Crippen LogP contribution in [0.3, 0.4) is 0 Å². The maximum Gasteiger partial charge on any atom is 0.331 e. The fourth-order valence-corrected chi connectivity index (χ4v) is 2.76. The zero-order chi connectivity index (χ0) is 14.0. The van der Waals surface area contributed by atoms with Crippen LogP contribution in [-0.4, -0.2) is 22.2 Å². The molecule has 0 heterocycles. The molecule has 4 heteroatoms. The van der Waals surface area contributed by atoms with E-state index in [2.05, 4.69) is 6.08 Å². The largest absolute Gasteiger partial charge is 0.481 e. The molecular formula is C15H18O4. The fraction of sp³-hybridized carbons (Fsp3) is 0.467. The minimum absolute atomic E-state index is 0.174. The van der Waals surface area contributed by atoms with Crippen molar-refractivity contribution in [2.75, 3.05) is 0 Å². The number of carboxylic acid groups (broad SMARTS) is 2. The van der Waals surface area contributed by atoms with Crippen molar-refractivity contribution in [3.05, 3.63) is 34.9 Å². The van der Waals surface area contributed by atoms with Crippen LogP contribution < -0.4 is 0 Å². The van der Waals surface area contributed by atoms with Crippen molar-refractivity contribution < 1.29 is 19.8 Å². The minimum atomic E-state index is -1.04. The van der Waals surface area contributed by atoms with E-state index < -0.39 is 17.9 Å². The second-order valence-corrected chi connectivity index (χ2v) is 5.13. The molecule has 2 aliphatic rings. The van der Waals surface area contributed by atoms with Gasteiger partial charge in [0.2, 0.25) is 0 Å². The van der Waals surface area contributed by atoms with E-state index in [1.165, 1.54) is 6.08 Å². The van der Waals surface area contributed by atoms with Gasteiger partial charge in [0, 0.05) is 11.5 Å². The molecule has 2 unspecified atom stereocenters. The summed E-state index contributed by atoms with van der Waals surface area (Å²) in [5.74, 6) is -3.09. The Hall–Kier alpha value is -1.84. The molecule has 0 aromatic rings. The highest BCUT2D eigenvalue weighted by molar-refractivity contribution is 5.91. The van der Waals surface area contributed by atoms with Crippen LogP contribution >= 0.6 is 0 Å². The summed E-state index contributed by atoms with van der Waals surface area (Å²) < 4.78 is 0. The summed E-state index contributed by atoms with van der Waals surface area (Å²) >= 11 is 0. The normalized spacial score (nSPS) is 27.1. The molecule has 2 atom stereocenters. The lowest BCUT2D eigenvalue weighted by Crippen LogP contribution is -2.24. The molecule has 4 nitrogen and oxygen atoms in total. The maximum atomic E-state index is 11.4. The molecule has 19 heavy (non-hydrogen) atoms. The summed E-state index contributed by atoms with van der Waals surface area (Å²) in [6.07, 6.45) is 9.36. The first kappa shape index (κ1) is 13.6. The Kier molecular flexibility index (Phi) is 3.88. The first-order chi connectivity index (χ1) is 9.00. The highest BCUT2D eigenvalue weighted by atomic mass is 16.4. The third-order valence-corrected chi connectivity index (χ3v) is 3.78. The van der Waals surface area contributed by atoms with Crippen molar-refractivity contribution >= 4 is 11.9 Å². The van der Waals surface area contributed by atoms with Crippen molar-refractivity contribution in [2.24, 2.45) is 11.8 Å². The molecule has 2 rings (SSSR count). The number of carboxylic acids is 2. The zero-order valence-corrected chi connectivity index (χ0v) is 10.9. The van der Waals surface area contributed by atoms with E-state index in [0.29, 0.717) is 0 Å². The predicted octanol–water partition coefficient (Wildman–Crippen LogP) is 2.77. The number of rotatable bonds is 3. The molecule has 0 bridgehead atoms. The van der Waals surface area contributed by atoms with E-state index in [1.807, 2.05) is 0 Å². The van der Waals surface area contributed by atoms with Crippen LogP contribution in [-0.2, 0) is 9.59 Å². The van der Waals surface area contributed by atoms with Crippen molar-refractivity contribution in [2.45, 2.75) is 32.6 Å². The fourth-order valence-electron chi connectivity index (χ4n) is 2.76. The SMILES string of the molecule is CC1C=C(C2=CCCCC2)C(C(=O)O)C=C1C(=O)O. The maximum absolute atomic E-state index is 11.4. The Labute approximate surface area is 112 Å². The third-order valence-electron chi connectivity index (χ3n) is 3.78. The average molecular weight is 262 g/mol. The molecular weight excluding hydrogens is 244 g/mol. The monoisotopic (exact) mass is 262 g/mol. The number of hydrogen-bond acceptors (Lipinski definition) is 2. The summed E-state index contributed by atoms with van der Waals surface area (Å²) in [7, 11) is 0. The Morgan fingerprint density at radius 1 is 1.21 bits per heavy atom. The Morgan fingerprint density at radius 2 is 1.95 bits per heavy atom. The molecule has 2 N–H and O–H groups in total. The van der Waals surface area contributed by atoms with Crippen LogP contribution in [0.25, 0.3) is 0 Å². The molecule has 0 radical (unpaired) electrons. The Balaban J connectivity index is 2.37. The number of carbonyl (C=O) groups is 2. The van der Waals surface area contributed by atoms with Gasteiger partial charge in [-0.05, 0) is 36.8 Å².